The predicted octanol–water partition coefficient (Wildman–Crippen LogP) is 4.45. The fraction of sp³-hybridized carbons (Fsp3) is 0.667. The molecule has 0 aromatic carbocycles. The van der Waals surface area contributed by atoms with Crippen molar-refractivity contribution in [3.05, 3.63) is 28.8 Å². The molecule has 1 N–H and O–H groups in total. The molecule has 2 aromatic rings. The average Bonchev–Trinajstić information content (AvgIpc) is 3.27. The smallest absolute Gasteiger partial charge is 0.367 e. The number of alkyl halides is 3. The van der Waals surface area contributed by atoms with E-state index in [0.29, 0.717) is 54.5 Å². The third-order valence-electron chi connectivity index (χ3n) is 6.39. The number of likely N-dealkylation sites (tertiary alicyclic amines) is 1. The lowest BCUT2D eigenvalue weighted by Gasteiger charge is -2.41. The second kappa shape index (κ2) is 7.87. The number of anilines is 1. The first-order chi connectivity index (χ1) is 14.6. The molecule has 0 saturated carbocycles. The first kappa shape index (κ1) is 21.7. The molecule has 0 bridgehead atoms. The molecule has 0 radical (unpaired) electrons. The summed E-state index contributed by atoms with van der Waals surface area (Å²) in [7, 11) is 0. The second-order valence-corrected chi connectivity index (χ2v) is 8.94. The lowest BCUT2D eigenvalue weighted by molar-refractivity contribution is -0.174. The molecule has 0 spiro atoms. The number of carbonyl (C=O) groups is 1. The van der Waals surface area contributed by atoms with E-state index in [0.717, 1.165) is 4.68 Å². The highest BCUT2D eigenvalue weighted by Crippen LogP contribution is 2.42. The third kappa shape index (κ3) is 4.04. The van der Waals surface area contributed by atoms with Crippen molar-refractivity contribution in [3.63, 3.8) is 0 Å². The molecule has 2 aliphatic rings. The molecule has 2 aromatic heterocycles. The van der Waals surface area contributed by atoms with E-state index in [-0.39, 0.29) is 30.2 Å². The Morgan fingerprint density at radius 3 is 2.55 bits per heavy atom. The van der Waals surface area contributed by atoms with Gasteiger partial charge in [0.2, 0.25) is 0 Å². The Labute approximate surface area is 178 Å². The number of piperidine rings is 1. The number of carbonyl (C=O) groups excluding carboxylic acids is 1. The topological polar surface area (TPSA) is 76.2 Å². The Morgan fingerprint density at radius 1 is 1.26 bits per heavy atom. The number of amides is 1. The molecular formula is C21H28F3N5O2. The number of fused-ring (bicyclic) bond motifs is 1. The SMILES string of the molecule is Cc1cc2n(n1)[C@@H](C(F)(F)F)C[C@@H](C1CCN(C(=O)c3c(C(C)C)noc3C)CC1)N2. The summed E-state index contributed by atoms with van der Waals surface area (Å²) in [4.78, 5) is 14.9. The number of aryl methyl sites for hydroxylation is 2. The van der Waals surface area contributed by atoms with E-state index in [4.69, 9.17) is 4.52 Å². The van der Waals surface area contributed by atoms with Gasteiger partial charge in [0.25, 0.3) is 5.91 Å². The van der Waals surface area contributed by atoms with Crippen molar-refractivity contribution in [2.75, 3.05) is 18.4 Å². The van der Waals surface area contributed by atoms with Gasteiger partial charge in [-0.3, -0.25) is 4.79 Å². The molecule has 31 heavy (non-hydrogen) atoms. The van der Waals surface area contributed by atoms with Gasteiger partial charge < -0.3 is 14.7 Å². The van der Waals surface area contributed by atoms with Crippen LogP contribution in [0.25, 0.3) is 0 Å². The average molecular weight is 439 g/mol. The second-order valence-electron chi connectivity index (χ2n) is 8.94. The Bertz CT molecular complexity index is 957. The van der Waals surface area contributed by atoms with E-state index < -0.39 is 12.2 Å². The summed E-state index contributed by atoms with van der Waals surface area (Å²) in [6, 6.07) is -0.280. The van der Waals surface area contributed by atoms with Crippen molar-refractivity contribution < 1.29 is 22.5 Å². The van der Waals surface area contributed by atoms with Gasteiger partial charge >= 0.3 is 6.18 Å². The zero-order valence-electron chi connectivity index (χ0n) is 18.2. The molecule has 2 aliphatic heterocycles. The molecule has 170 valence electrons. The van der Waals surface area contributed by atoms with Gasteiger partial charge in [-0.25, -0.2) is 4.68 Å². The predicted molar refractivity (Wildman–Crippen MR) is 108 cm³/mol. The minimum atomic E-state index is -4.36. The van der Waals surface area contributed by atoms with Crippen LogP contribution in [0.1, 0.15) is 72.6 Å². The van der Waals surface area contributed by atoms with E-state index in [1.54, 1.807) is 24.8 Å². The number of nitrogens with zero attached hydrogens (tertiary/aromatic N) is 4. The molecule has 1 fully saturated rings. The van der Waals surface area contributed by atoms with Crippen molar-refractivity contribution in [2.45, 2.75) is 71.1 Å². The maximum absolute atomic E-state index is 13.7. The van der Waals surface area contributed by atoms with Crippen molar-refractivity contribution in [3.8, 4) is 0 Å². The number of nitrogens with one attached hydrogen (secondary N) is 1. The molecule has 1 amide bonds. The monoisotopic (exact) mass is 439 g/mol. The summed E-state index contributed by atoms with van der Waals surface area (Å²) in [5, 5.41) is 11.3. The van der Waals surface area contributed by atoms with Crippen molar-refractivity contribution >= 4 is 11.7 Å². The van der Waals surface area contributed by atoms with E-state index in [9.17, 15) is 18.0 Å². The van der Waals surface area contributed by atoms with Crippen LogP contribution in [0.4, 0.5) is 19.0 Å². The standard InChI is InChI=1S/C21H28F3N5O2/c1-11(2)19-18(13(4)31-27-19)20(30)28-7-5-14(6-8-28)15-10-16(21(22,23)24)29-17(25-15)9-12(3)26-29/h9,11,14-16,25H,5-8,10H2,1-4H3/t15-,16+/m0/s1. The lowest BCUT2D eigenvalue weighted by Crippen LogP contribution is -2.47. The van der Waals surface area contributed by atoms with Gasteiger partial charge in [0.05, 0.1) is 11.4 Å². The summed E-state index contributed by atoms with van der Waals surface area (Å²) < 4.78 is 47.3. The van der Waals surface area contributed by atoms with Crippen LogP contribution < -0.4 is 5.32 Å². The van der Waals surface area contributed by atoms with Crippen LogP contribution in [0.3, 0.4) is 0 Å². The Kier molecular flexibility index (Phi) is 5.51. The Morgan fingerprint density at radius 2 is 1.94 bits per heavy atom. The van der Waals surface area contributed by atoms with Gasteiger partial charge in [-0.2, -0.15) is 18.3 Å². The van der Waals surface area contributed by atoms with Crippen molar-refractivity contribution in [1.29, 1.82) is 0 Å². The molecule has 7 nitrogen and oxygen atoms in total. The molecule has 0 aliphatic carbocycles. The number of aromatic nitrogens is 3. The van der Waals surface area contributed by atoms with Crippen LogP contribution in [0.2, 0.25) is 0 Å². The minimum absolute atomic E-state index is 0.0472. The number of halogens is 3. The highest BCUT2D eigenvalue weighted by atomic mass is 19.4. The molecule has 4 heterocycles. The number of rotatable bonds is 3. The largest absolute Gasteiger partial charge is 0.410 e. The minimum Gasteiger partial charge on any atom is -0.367 e. The maximum atomic E-state index is 13.7. The first-order valence-electron chi connectivity index (χ1n) is 10.7. The molecule has 10 heteroatoms. The molecule has 4 rings (SSSR count). The maximum Gasteiger partial charge on any atom is 0.410 e. The molecular weight excluding hydrogens is 411 g/mol. The van der Waals surface area contributed by atoms with Crippen molar-refractivity contribution in [1.82, 2.24) is 19.8 Å². The van der Waals surface area contributed by atoms with Crippen LogP contribution in [0.5, 0.6) is 0 Å². The van der Waals surface area contributed by atoms with Crippen molar-refractivity contribution in [2.24, 2.45) is 5.92 Å². The van der Waals surface area contributed by atoms with E-state index >= 15 is 0 Å². The summed E-state index contributed by atoms with van der Waals surface area (Å²) in [5.74, 6) is 0.913. The van der Waals surface area contributed by atoms with Gasteiger partial charge in [0.15, 0.2) is 6.04 Å². The zero-order valence-corrected chi connectivity index (χ0v) is 18.2. The van der Waals surface area contributed by atoms with Crippen LogP contribution in [0.15, 0.2) is 10.6 Å². The third-order valence-corrected chi connectivity index (χ3v) is 6.39. The van der Waals surface area contributed by atoms with E-state index in [1.165, 1.54) is 0 Å². The molecule has 2 atom stereocenters. The highest BCUT2D eigenvalue weighted by Gasteiger charge is 2.47. The summed E-state index contributed by atoms with van der Waals surface area (Å²) in [6.07, 6.45) is -3.13. The van der Waals surface area contributed by atoms with Gasteiger partial charge in [-0.1, -0.05) is 19.0 Å². The van der Waals surface area contributed by atoms with Gasteiger partial charge in [-0.15, -0.1) is 0 Å². The fourth-order valence-corrected chi connectivity index (χ4v) is 4.74. The Balaban J connectivity index is 1.46. The zero-order chi connectivity index (χ0) is 22.5. The van der Waals surface area contributed by atoms with E-state index in [2.05, 4.69) is 15.6 Å². The van der Waals surface area contributed by atoms with Gasteiger partial charge in [-0.05, 0) is 44.9 Å². The van der Waals surface area contributed by atoms with Gasteiger partial charge in [0, 0.05) is 25.2 Å². The van der Waals surface area contributed by atoms with Gasteiger partial charge in [0.1, 0.15) is 17.1 Å². The molecule has 0 unspecified atom stereocenters. The normalized spacial score (nSPS) is 22.5. The number of hydrogen-bond donors (Lipinski definition) is 1. The van der Waals surface area contributed by atoms with E-state index in [1.807, 2.05) is 13.8 Å². The highest BCUT2D eigenvalue weighted by molar-refractivity contribution is 5.96. The molecule has 1 saturated heterocycles. The number of hydrogen-bond acceptors (Lipinski definition) is 5. The first-order valence-corrected chi connectivity index (χ1v) is 10.7. The van der Waals surface area contributed by atoms with Crippen LogP contribution in [-0.4, -0.2) is 51.1 Å². The lowest BCUT2D eigenvalue weighted by atomic mass is 9.84. The Hall–Kier alpha value is -2.52. The fourth-order valence-electron chi connectivity index (χ4n) is 4.74. The summed E-state index contributed by atoms with van der Waals surface area (Å²) in [5.41, 5.74) is 1.72. The summed E-state index contributed by atoms with van der Waals surface area (Å²) in [6.45, 7) is 8.33. The van der Waals surface area contributed by atoms with Crippen LogP contribution in [-0.2, 0) is 0 Å². The van der Waals surface area contributed by atoms with Crippen LogP contribution in [0, 0.1) is 19.8 Å². The summed E-state index contributed by atoms with van der Waals surface area (Å²) >= 11 is 0. The van der Waals surface area contributed by atoms with Crippen LogP contribution >= 0.6 is 0 Å². The quantitative estimate of drug-likeness (QED) is 0.765.